The number of benzene rings is 1. The van der Waals surface area contributed by atoms with E-state index < -0.39 is 0 Å². The van der Waals surface area contributed by atoms with E-state index in [0.717, 1.165) is 28.2 Å². The predicted molar refractivity (Wildman–Crippen MR) is 61.1 cm³/mol. The van der Waals surface area contributed by atoms with Gasteiger partial charge < -0.3 is 10.6 Å². The Morgan fingerprint density at radius 2 is 2.12 bits per heavy atom. The van der Waals surface area contributed by atoms with Crippen molar-refractivity contribution in [3.8, 4) is 0 Å². The van der Waals surface area contributed by atoms with E-state index >= 15 is 0 Å². The van der Waals surface area contributed by atoms with Crippen LogP contribution < -0.4 is 40.1 Å². The topological polar surface area (TPSA) is 53.5 Å². The van der Waals surface area contributed by atoms with E-state index in [2.05, 4.69) is 14.7 Å². The molecule has 0 aliphatic carbocycles. The van der Waals surface area contributed by atoms with Crippen molar-refractivity contribution in [3.05, 3.63) is 23.8 Å². The molecule has 4 nitrogen and oxygen atoms in total. The summed E-state index contributed by atoms with van der Waals surface area (Å²) < 4.78 is 4.24. The molecule has 0 radical (unpaired) electrons. The fraction of sp³-hybridized carbons (Fsp3) is 0.222. The third kappa shape index (κ3) is 6.17. The Labute approximate surface area is 126 Å². The summed E-state index contributed by atoms with van der Waals surface area (Å²) in [5.74, 6) is 0. The van der Waals surface area contributed by atoms with Crippen LogP contribution in [0.1, 0.15) is 12.5 Å². The van der Waals surface area contributed by atoms with Crippen LogP contribution in [0.5, 0.6) is 0 Å². The van der Waals surface area contributed by atoms with E-state index in [9.17, 15) is 5.26 Å². The zero-order valence-electron chi connectivity index (χ0n) is 9.27. The first-order valence-electron chi connectivity index (χ1n) is 4.14. The first kappa shape index (κ1) is 16.3. The van der Waals surface area contributed by atoms with E-state index in [4.69, 9.17) is 12.2 Å². The van der Waals surface area contributed by atoms with Crippen LogP contribution in [-0.4, -0.2) is 4.99 Å². The Kier molecular flexibility index (Phi) is 8.61. The van der Waals surface area contributed by atoms with Crippen molar-refractivity contribution in [2.45, 2.75) is 18.7 Å². The molecule has 0 heterocycles. The van der Waals surface area contributed by atoms with E-state index in [0.29, 0.717) is 4.99 Å². The van der Waals surface area contributed by atoms with Crippen LogP contribution in [-0.2, 0) is 9.37 Å². The van der Waals surface area contributed by atoms with Crippen molar-refractivity contribution in [1.82, 2.24) is 0 Å². The van der Waals surface area contributed by atoms with Gasteiger partial charge in [-0.2, -0.15) is 4.33 Å². The summed E-state index contributed by atoms with van der Waals surface area (Å²) in [5, 5.41) is 16.0. The summed E-state index contributed by atoms with van der Waals surface area (Å²) in [4.78, 5) is 1.45. The fourth-order valence-corrected chi connectivity index (χ4v) is 1.76. The largest absolute Gasteiger partial charge is 1.00 e. The number of nitrogens with one attached hydrogen (secondary N) is 1. The van der Waals surface area contributed by atoms with Gasteiger partial charge in [-0.25, -0.2) is 0 Å². The summed E-state index contributed by atoms with van der Waals surface area (Å²) in [7, 11) is 0. The third-order valence-corrected chi connectivity index (χ3v) is 2.18. The zero-order chi connectivity index (χ0) is 11.3. The maximum atomic E-state index is 9.67. The van der Waals surface area contributed by atoms with E-state index in [1.807, 2.05) is 25.1 Å². The van der Waals surface area contributed by atoms with Crippen LogP contribution in [0, 0.1) is 6.92 Å². The summed E-state index contributed by atoms with van der Waals surface area (Å²) in [6.07, 6.45) is 0. The molecule has 0 aromatic heterocycles. The number of hydrogen-bond acceptors (Lipinski definition) is 5. The van der Waals surface area contributed by atoms with Gasteiger partial charge in [0.05, 0.1) is 17.0 Å². The number of thiocarbonyl (C=S) groups is 1. The molecule has 1 aromatic rings. The molecule has 0 bridgehead atoms. The molecule has 0 spiro atoms. The Hall–Kier alpha value is 0.340. The summed E-state index contributed by atoms with van der Waals surface area (Å²) in [5.41, 5.74) is 1.90. The van der Waals surface area contributed by atoms with E-state index in [1.165, 1.54) is 0 Å². The Morgan fingerprint density at radius 1 is 1.44 bits per heavy atom. The Bertz CT molecular complexity index is 363. The Balaban J connectivity index is 0.00000225. The van der Waals surface area contributed by atoms with Crippen molar-refractivity contribution in [1.29, 1.82) is 0 Å². The van der Waals surface area contributed by atoms with Crippen LogP contribution in [0.25, 0.3) is 0 Å². The predicted octanol–water partition coefficient (Wildman–Crippen LogP) is -1.01. The van der Waals surface area contributed by atoms with Crippen molar-refractivity contribution in [2.24, 2.45) is 0 Å². The number of rotatable bonds is 4. The van der Waals surface area contributed by atoms with E-state index in [-0.39, 0.29) is 29.6 Å². The van der Waals surface area contributed by atoms with Crippen molar-refractivity contribution in [2.75, 3.05) is 5.32 Å². The average molecular weight is 267 g/mol. The first-order valence-corrected chi connectivity index (χ1v) is 5.29. The maximum absolute atomic E-state index is 9.67. The second kappa shape index (κ2) is 8.43. The normalized spacial score (nSPS) is 9.44. The van der Waals surface area contributed by atoms with Gasteiger partial charge in [-0.05, 0) is 37.6 Å². The molecule has 0 fully saturated rings. The number of hydrogen-bond donors (Lipinski definition) is 1. The molecule has 0 aliphatic heterocycles. The van der Waals surface area contributed by atoms with Gasteiger partial charge in [-0.15, -0.1) is 0 Å². The SMILES string of the molecule is CC(=S)Nc1cc(C)cc(SOO[O-])c1.[Na+]. The second-order valence-electron chi connectivity index (χ2n) is 2.94. The minimum atomic E-state index is 0. The molecule has 7 heteroatoms. The van der Waals surface area contributed by atoms with Gasteiger partial charge in [0, 0.05) is 10.6 Å². The van der Waals surface area contributed by atoms with E-state index in [1.54, 1.807) is 6.92 Å². The Morgan fingerprint density at radius 3 is 2.69 bits per heavy atom. The molecule has 0 amide bonds. The summed E-state index contributed by atoms with van der Waals surface area (Å²) in [6, 6.07) is 5.62. The van der Waals surface area contributed by atoms with Gasteiger partial charge in [0.25, 0.3) is 0 Å². The third-order valence-electron chi connectivity index (χ3n) is 1.53. The number of aryl methyl sites for hydroxylation is 1. The summed E-state index contributed by atoms with van der Waals surface area (Å²) >= 11 is 5.79. The fourth-order valence-electron chi connectivity index (χ4n) is 1.12. The molecule has 1 aromatic carbocycles. The van der Waals surface area contributed by atoms with Gasteiger partial charge >= 0.3 is 29.6 Å². The molecule has 16 heavy (non-hydrogen) atoms. The molecule has 0 atom stereocenters. The minimum Gasteiger partial charge on any atom is -0.691 e. The molecule has 0 unspecified atom stereocenters. The van der Waals surface area contributed by atoms with Gasteiger partial charge in [-0.1, -0.05) is 12.2 Å². The first-order chi connectivity index (χ1) is 7.11. The van der Waals surface area contributed by atoms with Crippen molar-refractivity contribution < 1.29 is 44.2 Å². The van der Waals surface area contributed by atoms with Crippen LogP contribution in [0.4, 0.5) is 5.69 Å². The molecular weight excluding hydrogens is 257 g/mol. The van der Waals surface area contributed by atoms with Crippen molar-refractivity contribution in [3.63, 3.8) is 0 Å². The van der Waals surface area contributed by atoms with Crippen molar-refractivity contribution >= 4 is 34.9 Å². The van der Waals surface area contributed by atoms with Gasteiger partial charge in [0.2, 0.25) is 0 Å². The van der Waals surface area contributed by atoms with Gasteiger partial charge in [0.1, 0.15) is 0 Å². The number of anilines is 1. The molecule has 1 rings (SSSR count). The van der Waals surface area contributed by atoms with Gasteiger partial charge in [-0.3, -0.25) is 5.04 Å². The smallest absolute Gasteiger partial charge is 0.691 e. The maximum Gasteiger partial charge on any atom is 1.00 e. The van der Waals surface area contributed by atoms with Gasteiger partial charge in [0.15, 0.2) is 0 Å². The molecule has 82 valence electrons. The molecule has 1 N–H and O–H groups in total. The summed E-state index contributed by atoms with van der Waals surface area (Å²) in [6.45, 7) is 3.73. The molecule has 0 aliphatic rings. The van der Waals surface area contributed by atoms with Crippen LogP contribution >= 0.6 is 24.3 Å². The standard InChI is InChI=1S/C9H11NO3S2.Na/c1-6-3-8(10-7(2)14)5-9(4-6)15-13-12-11;/h3-5,11H,1-2H3,(H,10,14);/q;+1/p-1. The van der Waals surface area contributed by atoms with Crippen LogP contribution in [0.15, 0.2) is 23.1 Å². The monoisotopic (exact) mass is 267 g/mol. The molecular formula is C9H10NNaO3S2. The molecule has 0 saturated carbocycles. The zero-order valence-corrected chi connectivity index (χ0v) is 12.9. The quantitative estimate of drug-likeness (QED) is 0.248. The minimum absolute atomic E-state index is 0. The van der Waals surface area contributed by atoms with Crippen LogP contribution in [0.2, 0.25) is 0 Å². The second-order valence-corrected chi connectivity index (χ2v) is 4.32. The van der Waals surface area contributed by atoms with Crippen LogP contribution in [0.3, 0.4) is 0 Å². The average Bonchev–Trinajstić information content (AvgIpc) is 2.12. The molecule has 0 saturated heterocycles.